The maximum atomic E-state index is 4.32. The molecule has 0 aliphatic heterocycles. The second kappa shape index (κ2) is 5.13. The number of rotatable bonds is 4. The second-order valence-corrected chi connectivity index (χ2v) is 7.11. The fourth-order valence-corrected chi connectivity index (χ4v) is 2.25. The zero-order valence-electron chi connectivity index (χ0n) is 11.2. The third-order valence-electron chi connectivity index (χ3n) is 2.16. The normalized spacial score (nSPS) is 13.9. The third kappa shape index (κ3) is 4.47. The molecule has 1 N–H and O–H groups in total. The van der Waals surface area contributed by atoms with E-state index in [9.17, 15) is 0 Å². The molecule has 4 heteroatoms. The summed E-state index contributed by atoms with van der Waals surface area (Å²) in [6, 6.07) is 2.54. The zero-order valence-corrected chi connectivity index (χ0v) is 12.0. The maximum absolute atomic E-state index is 4.32. The van der Waals surface area contributed by atoms with Gasteiger partial charge in [-0.25, -0.2) is 0 Å². The van der Waals surface area contributed by atoms with E-state index in [2.05, 4.69) is 44.2 Å². The van der Waals surface area contributed by atoms with Crippen LogP contribution >= 0.6 is 11.8 Å². The minimum absolute atomic E-state index is 0.332. The van der Waals surface area contributed by atoms with E-state index in [1.54, 1.807) is 0 Å². The number of thioether (sulfide) groups is 1. The van der Waals surface area contributed by atoms with Crippen molar-refractivity contribution in [1.29, 1.82) is 0 Å². The lowest BCUT2D eigenvalue weighted by atomic mass is 10.3. The molecule has 1 heterocycles. The van der Waals surface area contributed by atoms with Gasteiger partial charge in [0.1, 0.15) is 5.82 Å². The monoisotopic (exact) mass is 241 g/mol. The van der Waals surface area contributed by atoms with Crippen LogP contribution in [0.25, 0.3) is 0 Å². The Morgan fingerprint density at radius 1 is 1.50 bits per heavy atom. The van der Waals surface area contributed by atoms with Gasteiger partial charge in [-0.2, -0.15) is 16.9 Å². The molecular weight excluding hydrogens is 218 g/mol. The van der Waals surface area contributed by atoms with Crippen molar-refractivity contribution < 1.29 is 0 Å². The van der Waals surface area contributed by atoms with Gasteiger partial charge in [0.25, 0.3) is 0 Å². The SMILES string of the molecule is Cc1cc(N[C@H](C)CSC(C)(C)C)n(C)n1. The van der Waals surface area contributed by atoms with Gasteiger partial charge in [-0.3, -0.25) is 4.68 Å². The van der Waals surface area contributed by atoms with E-state index in [4.69, 9.17) is 0 Å². The second-order valence-electron chi connectivity index (χ2n) is 5.26. The molecular formula is C12H23N3S. The number of aryl methyl sites for hydroxylation is 2. The van der Waals surface area contributed by atoms with Gasteiger partial charge in [-0.1, -0.05) is 20.8 Å². The number of aromatic nitrogens is 2. The predicted octanol–water partition coefficient (Wildman–Crippen LogP) is 3.06. The zero-order chi connectivity index (χ0) is 12.3. The maximum Gasteiger partial charge on any atom is 0.124 e. The molecule has 0 bridgehead atoms. The molecule has 0 radical (unpaired) electrons. The van der Waals surface area contributed by atoms with E-state index >= 15 is 0 Å². The lowest BCUT2D eigenvalue weighted by Crippen LogP contribution is -2.22. The lowest BCUT2D eigenvalue weighted by Gasteiger charge is -2.21. The molecule has 0 saturated carbocycles. The average Bonchev–Trinajstić information content (AvgIpc) is 2.41. The molecule has 1 atom stereocenters. The number of hydrogen-bond donors (Lipinski definition) is 1. The van der Waals surface area contributed by atoms with E-state index in [0.717, 1.165) is 17.3 Å². The van der Waals surface area contributed by atoms with Crippen LogP contribution in [0.3, 0.4) is 0 Å². The molecule has 0 aliphatic carbocycles. The Kier molecular flexibility index (Phi) is 4.30. The first-order valence-electron chi connectivity index (χ1n) is 5.69. The standard InChI is InChI=1S/C12H23N3S/c1-9-7-11(15(6)14-9)13-10(2)8-16-12(3,4)5/h7,10,13H,8H2,1-6H3/t10-/m1/s1. The summed E-state index contributed by atoms with van der Waals surface area (Å²) in [6.45, 7) is 11.0. The van der Waals surface area contributed by atoms with Crippen LogP contribution < -0.4 is 5.32 Å². The van der Waals surface area contributed by atoms with E-state index in [0.29, 0.717) is 10.8 Å². The van der Waals surface area contributed by atoms with Crippen molar-refractivity contribution in [2.75, 3.05) is 11.1 Å². The highest BCUT2D eigenvalue weighted by atomic mass is 32.2. The van der Waals surface area contributed by atoms with Crippen molar-refractivity contribution in [1.82, 2.24) is 9.78 Å². The Hall–Kier alpha value is -0.640. The third-order valence-corrected chi connectivity index (χ3v) is 3.70. The Morgan fingerprint density at radius 2 is 2.12 bits per heavy atom. The van der Waals surface area contributed by atoms with E-state index in [1.807, 2.05) is 30.4 Å². The van der Waals surface area contributed by atoms with Crippen LogP contribution in [-0.4, -0.2) is 26.3 Å². The van der Waals surface area contributed by atoms with Crippen LogP contribution in [0, 0.1) is 6.92 Å². The summed E-state index contributed by atoms with van der Waals surface area (Å²) in [4.78, 5) is 0. The molecule has 0 amide bonds. The summed E-state index contributed by atoms with van der Waals surface area (Å²) in [5.41, 5.74) is 1.06. The van der Waals surface area contributed by atoms with Gasteiger partial charge in [-0.15, -0.1) is 0 Å². The highest BCUT2D eigenvalue weighted by molar-refractivity contribution is 8.00. The molecule has 92 valence electrons. The van der Waals surface area contributed by atoms with Crippen LogP contribution in [0.1, 0.15) is 33.4 Å². The van der Waals surface area contributed by atoms with Crippen LogP contribution in [0.2, 0.25) is 0 Å². The first-order valence-corrected chi connectivity index (χ1v) is 6.67. The fourth-order valence-electron chi connectivity index (χ4n) is 1.41. The highest BCUT2D eigenvalue weighted by Crippen LogP contribution is 2.24. The summed E-state index contributed by atoms with van der Waals surface area (Å²) in [6.07, 6.45) is 0. The molecule has 0 saturated heterocycles. The molecule has 1 aromatic rings. The van der Waals surface area contributed by atoms with Gasteiger partial charge in [0.05, 0.1) is 5.69 Å². The average molecular weight is 241 g/mol. The smallest absolute Gasteiger partial charge is 0.124 e. The van der Waals surface area contributed by atoms with Gasteiger partial charge in [0, 0.05) is 29.7 Å². The summed E-state index contributed by atoms with van der Waals surface area (Å²) in [5.74, 6) is 2.20. The van der Waals surface area contributed by atoms with Crippen LogP contribution in [0.15, 0.2) is 6.07 Å². The summed E-state index contributed by atoms with van der Waals surface area (Å²) < 4.78 is 2.23. The minimum atomic E-state index is 0.332. The summed E-state index contributed by atoms with van der Waals surface area (Å²) in [7, 11) is 1.97. The minimum Gasteiger partial charge on any atom is -0.367 e. The van der Waals surface area contributed by atoms with Gasteiger partial charge in [0.15, 0.2) is 0 Å². The highest BCUT2D eigenvalue weighted by Gasteiger charge is 2.13. The topological polar surface area (TPSA) is 29.9 Å². The van der Waals surface area contributed by atoms with Crippen molar-refractivity contribution in [3.63, 3.8) is 0 Å². The molecule has 1 rings (SSSR count). The molecule has 1 aromatic heterocycles. The molecule has 0 fully saturated rings. The van der Waals surface area contributed by atoms with Crippen molar-refractivity contribution in [3.05, 3.63) is 11.8 Å². The van der Waals surface area contributed by atoms with Gasteiger partial charge < -0.3 is 5.32 Å². The van der Waals surface area contributed by atoms with Gasteiger partial charge in [0.2, 0.25) is 0 Å². The van der Waals surface area contributed by atoms with Crippen molar-refractivity contribution in [3.8, 4) is 0 Å². The number of anilines is 1. The van der Waals surface area contributed by atoms with Gasteiger partial charge in [-0.05, 0) is 13.8 Å². The largest absolute Gasteiger partial charge is 0.367 e. The van der Waals surface area contributed by atoms with Crippen molar-refractivity contribution in [2.24, 2.45) is 7.05 Å². The molecule has 0 unspecified atom stereocenters. The Balaban J connectivity index is 2.45. The molecule has 16 heavy (non-hydrogen) atoms. The van der Waals surface area contributed by atoms with Crippen molar-refractivity contribution in [2.45, 2.75) is 45.4 Å². The quantitative estimate of drug-likeness (QED) is 0.878. The molecule has 0 spiro atoms. The van der Waals surface area contributed by atoms with Crippen LogP contribution in [0.4, 0.5) is 5.82 Å². The lowest BCUT2D eigenvalue weighted by molar-refractivity contribution is 0.744. The Labute approximate surface area is 103 Å². The summed E-state index contributed by atoms with van der Waals surface area (Å²) >= 11 is 1.98. The van der Waals surface area contributed by atoms with Gasteiger partial charge >= 0.3 is 0 Å². The van der Waals surface area contributed by atoms with E-state index in [1.165, 1.54) is 0 Å². The fraction of sp³-hybridized carbons (Fsp3) is 0.750. The number of nitrogens with one attached hydrogen (secondary N) is 1. The van der Waals surface area contributed by atoms with Crippen LogP contribution in [0.5, 0.6) is 0 Å². The Bertz CT molecular complexity index is 339. The van der Waals surface area contributed by atoms with Crippen molar-refractivity contribution >= 4 is 17.6 Å². The predicted molar refractivity (Wildman–Crippen MR) is 73.2 cm³/mol. The van der Waals surface area contributed by atoms with E-state index in [-0.39, 0.29) is 0 Å². The first-order chi connectivity index (χ1) is 7.28. The molecule has 0 aliphatic rings. The van der Waals surface area contributed by atoms with E-state index < -0.39 is 0 Å². The summed E-state index contributed by atoms with van der Waals surface area (Å²) in [5, 5.41) is 7.80. The van der Waals surface area contributed by atoms with Crippen LogP contribution in [-0.2, 0) is 7.05 Å². The molecule has 3 nitrogen and oxygen atoms in total. The first kappa shape index (κ1) is 13.4. The molecule has 0 aromatic carbocycles. The Morgan fingerprint density at radius 3 is 2.56 bits per heavy atom. The number of nitrogens with zero attached hydrogens (tertiary/aromatic N) is 2. The number of hydrogen-bond acceptors (Lipinski definition) is 3.